The minimum Gasteiger partial charge on any atom is -0.465 e. The molecule has 1 aromatic rings. The molecule has 0 aliphatic heterocycles. The minimum absolute atomic E-state index is 0.0729. The molecule has 1 atom stereocenters. The molecule has 0 saturated carbocycles. The molecule has 0 bridgehead atoms. The highest BCUT2D eigenvalue weighted by atomic mass is 32.2. The van der Waals surface area contributed by atoms with Gasteiger partial charge in [-0.1, -0.05) is 11.3 Å². The van der Waals surface area contributed by atoms with Crippen LogP contribution in [-0.4, -0.2) is 40.2 Å². The highest BCUT2D eigenvalue weighted by Gasteiger charge is 2.21. The van der Waals surface area contributed by atoms with E-state index in [4.69, 9.17) is 4.74 Å². The first-order valence-corrected chi connectivity index (χ1v) is 8.28. The summed E-state index contributed by atoms with van der Waals surface area (Å²) in [7, 11) is -1.82. The third kappa shape index (κ3) is 4.57. The van der Waals surface area contributed by atoms with Crippen LogP contribution in [0.3, 0.4) is 0 Å². The molecule has 0 spiro atoms. The lowest BCUT2D eigenvalue weighted by Crippen LogP contribution is -2.22. The van der Waals surface area contributed by atoms with Gasteiger partial charge in [0.2, 0.25) is 0 Å². The number of esters is 1. The first-order valence-electron chi connectivity index (χ1n) is 5.54. The highest BCUT2D eigenvalue weighted by molar-refractivity contribution is 7.95. The Morgan fingerprint density at radius 2 is 2.00 bits per heavy atom. The molecular formula is C11H16N2O5S2. The Balaban J connectivity index is 3.04. The highest BCUT2D eigenvalue weighted by Crippen LogP contribution is 2.21. The number of rotatable bonds is 2. The summed E-state index contributed by atoms with van der Waals surface area (Å²) in [5.74, 6) is -0.582. The molecule has 1 unspecified atom stereocenters. The molecule has 1 aromatic heterocycles. The lowest BCUT2D eigenvalue weighted by molar-refractivity contribution is 0.0596. The van der Waals surface area contributed by atoms with Gasteiger partial charge >= 0.3 is 12.1 Å². The van der Waals surface area contributed by atoms with Gasteiger partial charge in [0.05, 0.1) is 13.3 Å². The van der Waals surface area contributed by atoms with E-state index < -0.39 is 27.4 Å². The SMILES string of the molecule is COC(=O)c1cnc(S(C)(=O)=NC(=O)OC(C)(C)C)s1. The third-order valence-electron chi connectivity index (χ3n) is 1.84. The number of hydrogen-bond acceptors (Lipinski definition) is 7. The molecule has 1 rings (SSSR count). The monoisotopic (exact) mass is 320 g/mol. The maximum absolute atomic E-state index is 12.3. The van der Waals surface area contributed by atoms with Crippen LogP contribution in [0.1, 0.15) is 30.4 Å². The summed E-state index contributed by atoms with van der Waals surface area (Å²) < 4.78 is 25.4. The van der Waals surface area contributed by atoms with Crippen LogP contribution >= 0.6 is 11.3 Å². The van der Waals surface area contributed by atoms with E-state index in [1.807, 2.05) is 0 Å². The molecule has 9 heteroatoms. The number of carbonyl (C=O) groups excluding carboxylic acids is 2. The van der Waals surface area contributed by atoms with E-state index in [2.05, 4.69) is 14.1 Å². The molecule has 1 heterocycles. The van der Waals surface area contributed by atoms with Gasteiger partial charge in [-0.3, -0.25) is 0 Å². The molecule has 0 aliphatic carbocycles. The van der Waals surface area contributed by atoms with Gasteiger partial charge in [0.1, 0.15) is 20.2 Å². The number of hydrogen-bond donors (Lipinski definition) is 0. The van der Waals surface area contributed by atoms with Crippen LogP contribution in [-0.2, 0) is 19.2 Å². The minimum atomic E-state index is -3.05. The summed E-state index contributed by atoms with van der Waals surface area (Å²) in [5, 5.41) is 0. The Hall–Kier alpha value is -1.48. The second kappa shape index (κ2) is 5.88. The van der Waals surface area contributed by atoms with Crippen molar-refractivity contribution in [2.75, 3.05) is 13.4 Å². The fraction of sp³-hybridized carbons (Fsp3) is 0.545. The molecule has 0 saturated heterocycles. The van der Waals surface area contributed by atoms with Crippen LogP contribution in [0.25, 0.3) is 0 Å². The third-order valence-corrected chi connectivity index (χ3v) is 5.04. The lowest BCUT2D eigenvalue weighted by atomic mass is 10.2. The Kier molecular flexibility index (Phi) is 4.87. The van der Waals surface area contributed by atoms with Crippen molar-refractivity contribution in [1.29, 1.82) is 0 Å². The number of methoxy groups -OCH3 is 1. The average molecular weight is 320 g/mol. The first-order chi connectivity index (χ1) is 9.05. The van der Waals surface area contributed by atoms with E-state index in [9.17, 15) is 13.8 Å². The molecule has 0 N–H and O–H groups in total. The molecule has 0 aromatic carbocycles. The van der Waals surface area contributed by atoms with Crippen LogP contribution in [0, 0.1) is 0 Å². The van der Waals surface area contributed by atoms with Gasteiger partial charge in [-0.25, -0.2) is 18.8 Å². The number of ether oxygens (including phenoxy) is 2. The summed E-state index contributed by atoms with van der Waals surface area (Å²) in [6.07, 6.45) is 1.57. The number of thiazole rings is 1. The standard InChI is InChI=1S/C11H16N2O5S2/c1-11(2,3)18-9(15)13-20(5,16)10-12-6-7(19-10)8(14)17-4/h6H,1-5H3. The van der Waals surface area contributed by atoms with Gasteiger partial charge in [0.25, 0.3) is 0 Å². The molecule has 0 aliphatic rings. The second-order valence-corrected chi connectivity index (χ2v) is 8.32. The van der Waals surface area contributed by atoms with E-state index in [0.29, 0.717) is 0 Å². The van der Waals surface area contributed by atoms with Crippen LogP contribution < -0.4 is 0 Å². The Morgan fingerprint density at radius 1 is 1.40 bits per heavy atom. The van der Waals surface area contributed by atoms with E-state index in [1.165, 1.54) is 19.6 Å². The smallest absolute Gasteiger partial charge is 0.442 e. The van der Waals surface area contributed by atoms with Crippen LogP contribution in [0.4, 0.5) is 4.79 Å². The Morgan fingerprint density at radius 3 is 2.50 bits per heavy atom. The quantitative estimate of drug-likeness (QED) is 0.776. The zero-order valence-electron chi connectivity index (χ0n) is 11.8. The molecule has 20 heavy (non-hydrogen) atoms. The van der Waals surface area contributed by atoms with Crippen molar-refractivity contribution >= 4 is 33.1 Å². The summed E-state index contributed by atoms with van der Waals surface area (Å²) >= 11 is 0.870. The van der Waals surface area contributed by atoms with Crippen molar-refractivity contribution in [1.82, 2.24) is 4.98 Å². The molecule has 7 nitrogen and oxygen atoms in total. The van der Waals surface area contributed by atoms with E-state index >= 15 is 0 Å². The normalized spacial score (nSPS) is 14.2. The molecule has 1 amide bonds. The van der Waals surface area contributed by atoms with Crippen molar-refractivity contribution in [3.05, 3.63) is 11.1 Å². The lowest BCUT2D eigenvalue weighted by Gasteiger charge is -2.17. The number of carbonyl (C=O) groups is 2. The van der Waals surface area contributed by atoms with Gasteiger partial charge in [-0.05, 0) is 20.8 Å². The zero-order valence-corrected chi connectivity index (χ0v) is 13.5. The summed E-state index contributed by atoms with van der Waals surface area (Å²) in [6.45, 7) is 5.03. The molecule has 0 radical (unpaired) electrons. The topological polar surface area (TPSA) is 94.9 Å². The predicted molar refractivity (Wildman–Crippen MR) is 74.4 cm³/mol. The Bertz CT molecular complexity index is 635. The summed E-state index contributed by atoms with van der Waals surface area (Å²) in [5.41, 5.74) is -0.726. The molecule has 0 fully saturated rings. The van der Waals surface area contributed by atoms with Crippen LogP contribution in [0.2, 0.25) is 0 Å². The largest absolute Gasteiger partial charge is 0.465 e. The number of nitrogens with zero attached hydrogens (tertiary/aromatic N) is 2. The fourth-order valence-corrected chi connectivity index (χ4v) is 3.30. The van der Waals surface area contributed by atoms with Crippen molar-refractivity contribution in [2.24, 2.45) is 4.36 Å². The van der Waals surface area contributed by atoms with Crippen molar-refractivity contribution < 1.29 is 23.3 Å². The van der Waals surface area contributed by atoms with Crippen molar-refractivity contribution in [2.45, 2.75) is 30.7 Å². The van der Waals surface area contributed by atoms with Crippen molar-refractivity contribution in [3.8, 4) is 0 Å². The average Bonchev–Trinajstić information content (AvgIpc) is 2.74. The molecular weight excluding hydrogens is 304 g/mol. The van der Waals surface area contributed by atoms with Crippen LogP contribution in [0.5, 0.6) is 0 Å². The zero-order chi connectivity index (χ0) is 15.6. The van der Waals surface area contributed by atoms with E-state index in [1.54, 1.807) is 20.8 Å². The summed E-state index contributed by atoms with van der Waals surface area (Å²) in [6, 6.07) is 0. The van der Waals surface area contributed by atoms with Crippen LogP contribution in [0.15, 0.2) is 14.9 Å². The van der Waals surface area contributed by atoms with Gasteiger partial charge in [0.15, 0.2) is 4.34 Å². The van der Waals surface area contributed by atoms with Gasteiger partial charge in [-0.15, -0.1) is 4.36 Å². The van der Waals surface area contributed by atoms with Gasteiger partial charge < -0.3 is 9.47 Å². The summed E-state index contributed by atoms with van der Waals surface area (Å²) in [4.78, 5) is 26.9. The Labute approximate surface area is 121 Å². The van der Waals surface area contributed by atoms with Crippen molar-refractivity contribution in [3.63, 3.8) is 0 Å². The maximum Gasteiger partial charge on any atom is 0.442 e. The van der Waals surface area contributed by atoms with E-state index in [-0.39, 0.29) is 9.22 Å². The number of amides is 1. The number of aromatic nitrogens is 1. The first kappa shape index (κ1) is 16.6. The molecule has 112 valence electrons. The fourth-order valence-electron chi connectivity index (χ4n) is 1.09. The maximum atomic E-state index is 12.3. The van der Waals surface area contributed by atoms with E-state index in [0.717, 1.165) is 11.3 Å². The predicted octanol–water partition coefficient (Wildman–Crippen LogP) is 2.32. The van der Waals surface area contributed by atoms with Gasteiger partial charge in [-0.2, -0.15) is 0 Å². The van der Waals surface area contributed by atoms with Gasteiger partial charge in [0, 0.05) is 6.26 Å². The second-order valence-electron chi connectivity index (χ2n) is 4.86.